The van der Waals surface area contributed by atoms with Crippen LogP contribution in [-0.4, -0.2) is 13.7 Å². The summed E-state index contributed by atoms with van der Waals surface area (Å²) >= 11 is 0. The molecular formula is C13H19NO2. The van der Waals surface area contributed by atoms with E-state index in [1.807, 2.05) is 0 Å². The van der Waals surface area contributed by atoms with Crippen LogP contribution < -0.4 is 10.2 Å². The van der Waals surface area contributed by atoms with E-state index in [-0.39, 0.29) is 6.04 Å². The predicted octanol–water partition coefficient (Wildman–Crippen LogP) is 2.67. The van der Waals surface area contributed by atoms with Crippen LogP contribution in [0.15, 0.2) is 12.1 Å². The normalized spacial score (nSPS) is 19.8. The topological polar surface area (TPSA) is 30.5 Å². The highest BCUT2D eigenvalue weighted by atomic mass is 16.6. The van der Waals surface area contributed by atoms with E-state index in [0.717, 1.165) is 25.2 Å². The Morgan fingerprint density at radius 3 is 2.94 bits per heavy atom. The fraction of sp³-hybridized carbons (Fsp3) is 0.538. The lowest BCUT2D eigenvalue weighted by Crippen LogP contribution is -2.19. The van der Waals surface area contributed by atoms with E-state index in [2.05, 4.69) is 31.5 Å². The first-order valence-corrected chi connectivity index (χ1v) is 5.75. The van der Waals surface area contributed by atoms with Gasteiger partial charge in [0.05, 0.1) is 19.8 Å². The van der Waals surface area contributed by atoms with E-state index in [1.165, 1.54) is 16.7 Å². The molecule has 1 aromatic carbocycles. The quantitative estimate of drug-likeness (QED) is 0.779. The molecule has 0 saturated heterocycles. The number of benzene rings is 1. The Kier molecular flexibility index (Phi) is 3.46. The SMILES string of the molecule is CON[C@@H]1CCCOc2c(C)cc(C)cc21. The highest BCUT2D eigenvalue weighted by Gasteiger charge is 2.21. The van der Waals surface area contributed by atoms with Gasteiger partial charge in [0.2, 0.25) is 0 Å². The molecule has 0 spiro atoms. The van der Waals surface area contributed by atoms with Crippen molar-refractivity contribution >= 4 is 0 Å². The van der Waals surface area contributed by atoms with Crippen molar-refractivity contribution in [2.24, 2.45) is 0 Å². The van der Waals surface area contributed by atoms with E-state index in [1.54, 1.807) is 7.11 Å². The molecule has 0 amide bonds. The van der Waals surface area contributed by atoms with E-state index in [0.29, 0.717) is 0 Å². The lowest BCUT2D eigenvalue weighted by Gasteiger charge is -2.18. The molecule has 1 aromatic rings. The Hall–Kier alpha value is -1.06. The van der Waals surface area contributed by atoms with Crippen molar-refractivity contribution in [2.45, 2.75) is 32.7 Å². The van der Waals surface area contributed by atoms with Gasteiger partial charge in [-0.3, -0.25) is 0 Å². The van der Waals surface area contributed by atoms with Gasteiger partial charge in [0.1, 0.15) is 5.75 Å². The standard InChI is InChI=1S/C13H19NO2/c1-9-7-10(2)13-11(8-9)12(14-15-3)5-4-6-16-13/h7-8,12,14H,4-6H2,1-3H3/t12-/m1/s1. The van der Waals surface area contributed by atoms with Crippen LogP contribution in [0.25, 0.3) is 0 Å². The first-order valence-electron chi connectivity index (χ1n) is 5.75. The zero-order valence-electron chi connectivity index (χ0n) is 10.2. The third-order valence-corrected chi connectivity index (χ3v) is 2.97. The Morgan fingerprint density at radius 1 is 1.38 bits per heavy atom. The zero-order valence-corrected chi connectivity index (χ0v) is 10.2. The van der Waals surface area contributed by atoms with E-state index < -0.39 is 0 Å². The third-order valence-electron chi connectivity index (χ3n) is 2.97. The number of hydrogen-bond acceptors (Lipinski definition) is 3. The molecular weight excluding hydrogens is 202 g/mol. The van der Waals surface area contributed by atoms with Crippen molar-refractivity contribution in [3.05, 3.63) is 28.8 Å². The molecule has 88 valence electrons. The maximum Gasteiger partial charge on any atom is 0.127 e. The van der Waals surface area contributed by atoms with Gasteiger partial charge >= 0.3 is 0 Å². The number of aryl methyl sites for hydroxylation is 2. The number of ether oxygens (including phenoxy) is 1. The first kappa shape index (κ1) is 11.4. The van der Waals surface area contributed by atoms with Gasteiger partial charge in [-0.15, -0.1) is 0 Å². The lowest BCUT2D eigenvalue weighted by atomic mass is 9.98. The van der Waals surface area contributed by atoms with Crippen LogP contribution in [0.3, 0.4) is 0 Å². The summed E-state index contributed by atoms with van der Waals surface area (Å²) in [7, 11) is 1.66. The third kappa shape index (κ3) is 2.20. The smallest absolute Gasteiger partial charge is 0.127 e. The second kappa shape index (κ2) is 4.85. The number of nitrogens with one attached hydrogen (secondary N) is 1. The van der Waals surface area contributed by atoms with Gasteiger partial charge in [-0.05, 0) is 32.3 Å². The summed E-state index contributed by atoms with van der Waals surface area (Å²) in [6.45, 7) is 5.00. The Balaban J connectivity index is 2.43. The van der Waals surface area contributed by atoms with Crippen LogP contribution in [0.1, 0.15) is 35.6 Å². The van der Waals surface area contributed by atoms with Gasteiger partial charge < -0.3 is 9.57 Å². The minimum absolute atomic E-state index is 0.237. The molecule has 0 radical (unpaired) electrons. The highest BCUT2D eigenvalue weighted by Crippen LogP contribution is 2.34. The Labute approximate surface area is 96.7 Å². The fourth-order valence-corrected chi connectivity index (χ4v) is 2.33. The van der Waals surface area contributed by atoms with Crippen LogP contribution in [0.5, 0.6) is 5.75 Å². The van der Waals surface area contributed by atoms with E-state index in [4.69, 9.17) is 9.57 Å². The molecule has 2 rings (SSSR count). The second-order valence-corrected chi connectivity index (χ2v) is 4.37. The van der Waals surface area contributed by atoms with E-state index >= 15 is 0 Å². The number of hydroxylamine groups is 1. The molecule has 1 aliphatic heterocycles. The highest BCUT2D eigenvalue weighted by molar-refractivity contribution is 5.45. The summed E-state index contributed by atoms with van der Waals surface area (Å²) in [5.74, 6) is 1.03. The molecule has 1 aliphatic rings. The van der Waals surface area contributed by atoms with Gasteiger partial charge in [-0.2, -0.15) is 5.48 Å². The number of hydrogen-bond donors (Lipinski definition) is 1. The average molecular weight is 221 g/mol. The first-order chi connectivity index (χ1) is 7.72. The minimum atomic E-state index is 0.237. The van der Waals surface area contributed by atoms with Crippen molar-refractivity contribution in [3.63, 3.8) is 0 Å². The summed E-state index contributed by atoms with van der Waals surface area (Å²) in [5.41, 5.74) is 6.75. The van der Waals surface area contributed by atoms with Crippen molar-refractivity contribution in [2.75, 3.05) is 13.7 Å². The Morgan fingerprint density at radius 2 is 2.19 bits per heavy atom. The second-order valence-electron chi connectivity index (χ2n) is 4.37. The fourth-order valence-electron chi connectivity index (χ4n) is 2.33. The summed E-state index contributed by atoms with van der Waals surface area (Å²) in [5, 5.41) is 0. The van der Waals surface area contributed by atoms with Crippen LogP contribution >= 0.6 is 0 Å². The largest absolute Gasteiger partial charge is 0.493 e. The molecule has 0 aliphatic carbocycles. The number of fused-ring (bicyclic) bond motifs is 1. The molecule has 3 nitrogen and oxygen atoms in total. The maximum atomic E-state index is 5.82. The van der Waals surface area contributed by atoms with E-state index in [9.17, 15) is 0 Å². The molecule has 0 fully saturated rings. The van der Waals surface area contributed by atoms with Crippen molar-refractivity contribution in [3.8, 4) is 5.75 Å². The van der Waals surface area contributed by atoms with Gasteiger partial charge in [0, 0.05) is 5.56 Å². The van der Waals surface area contributed by atoms with Gasteiger partial charge in [0.25, 0.3) is 0 Å². The minimum Gasteiger partial charge on any atom is -0.493 e. The molecule has 16 heavy (non-hydrogen) atoms. The van der Waals surface area contributed by atoms with Crippen molar-refractivity contribution in [1.29, 1.82) is 0 Å². The van der Waals surface area contributed by atoms with Gasteiger partial charge in [-0.25, -0.2) is 0 Å². The van der Waals surface area contributed by atoms with Crippen molar-refractivity contribution in [1.82, 2.24) is 5.48 Å². The summed E-state index contributed by atoms with van der Waals surface area (Å²) in [6, 6.07) is 4.58. The van der Waals surface area contributed by atoms with Gasteiger partial charge in [0.15, 0.2) is 0 Å². The summed E-state index contributed by atoms with van der Waals surface area (Å²) in [4.78, 5) is 5.07. The Bertz CT molecular complexity index is 376. The zero-order chi connectivity index (χ0) is 11.5. The van der Waals surface area contributed by atoms with Crippen LogP contribution in [-0.2, 0) is 4.84 Å². The molecule has 3 heteroatoms. The molecule has 0 saturated carbocycles. The summed E-state index contributed by atoms with van der Waals surface area (Å²) < 4.78 is 5.82. The molecule has 0 aromatic heterocycles. The molecule has 1 heterocycles. The maximum absolute atomic E-state index is 5.82. The average Bonchev–Trinajstić information content (AvgIpc) is 2.42. The summed E-state index contributed by atoms with van der Waals surface area (Å²) in [6.07, 6.45) is 2.10. The molecule has 0 bridgehead atoms. The van der Waals surface area contributed by atoms with Crippen LogP contribution in [0.2, 0.25) is 0 Å². The molecule has 1 N–H and O–H groups in total. The van der Waals surface area contributed by atoms with Gasteiger partial charge in [-0.1, -0.05) is 17.7 Å². The monoisotopic (exact) mass is 221 g/mol. The molecule has 1 atom stereocenters. The lowest BCUT2D eigenvalue weighted by molar-refractivity contribution is 0.0579. The van der Waals surface area contributed by atoms with Crippen LogP contribution in [0.4, 0.5) is 0 Å². The predicted molar refractivity (Wildman–Crippen MR) is 63.5 cm³/mol. The van der Waals surface area contributed by atoms with Crippen molar-refractivity contribution < 1.29 is 9.57 Å². The van der Waals surface area contributed by atoms with Crippen LogP contribution in [0, 0.1) is 13.8 Å². The number of rotatable bonds is 2. The molecule has 0 unspecified atom stereocenters.